The predicted octanol–water partition coefficient (Wildman–Crippen LogP) is 1.46. The van der Waals surface area contributed by atoms with E-state index in [2.05, 4.69) is 4.90 Å². The average molecular weight is 205 g/mol. The molecular formula is C12H15NO2. The summed E-state index contributed by atoms with van der Waals surface area (Å²) in [4.78, 5) is 12.9. The molecule has 1 saturated heterocycles. The summed E-state index contributed by atoms with van der Waals surface area (Å²) in [6.07, 6.45) is 2.45. The third-order valence-electron chi connectivity index (χ3n) is 2.80. The number of aliphatic hydroxyl groups excluding tert-OH is 1. The Hall–Kier alpha value is -1.35. The summed E-state index contributed by atoms with van der Waals surface area (Å²) >= 11 is 0. The average Bonchev–Trinajstić information content (AvgIpc) is 2.29. The highest BCUT2D eigenvalue weighted by Crippen LogP contribution is 2.22. The topological polar surface area (TPSA) is 40.5 Å². The molecule has 3 nitrogen and oxygen atoms in total. The van der Waals surface area contributed by atoms with Crippen molar-refractivity contribution in [3.05, 3.63) is 29.8 Å². The van der Waals surface area contributed by atoms with Gasteiger partial charge >= 0.3 is 0 Å². The molecule has 1 aliphatic heterocycles. The molecule has 1 atom stereocenters. The second-order valence-electron chi connectivity index (χ2n) is 3.92. The van der Waals surface area contributed by atoms with Crippen LogP contribution in [0.25, 0.3) is 0 Å². The first-order chi connectivity index (χ1) is 7.31. The standard InChI is InChI=1S/C12H15NO2/c14-9-10-4-1-2-6-12(10)13-7-3-5-11(15)8-13/h1-2,4,6,9,11,15H,3,5,7-8H2/t11-/m0/s1. The SMILES string of the molecule is O=Cc1ccccc1N1CCC[C@H](O)C1. The van der Waals surface area contributed by atoms with E-state index in [9.17, 15) is 9.90 Å². The first kappa shape index (κ1) is 10.2. The number of piperidine rings is 1. The fourth-order valence-corrected chi connectivity index (χ4v) is 2.05. The molecule has 1 heterocycles. The molecule has 0 bridgehead atoms. The van der Waals surface area contributed by atoms with Crippen molar-refractivity contribution in [2.24, 2.45) is 0 Å². The Kier molecular flexibility index (Phi) is 3.02. The van der Waals surface area contributed by atoms with E-state index in [-0.39, 0.29) is 6.10 Å². The van der Waals surface area contributed by atoms with Gasteiger partial charge in [0.05, 0.1) is 6.10 Å². The second kappa shape index (κ2) is 4.45. The van der Waals surface area contributed by atoms with E-state index in [1.54, 1.807) is 0 Å². The molecule has 3 heteroatoms. The summed E-state index contributed by atoms with van der Waals surface area (Å²) in [7, 11) is 0. The number of β-amino-alcohol motifs (C(OH)–C–C–N with tert-alkyl or cyclic N) is 1. The van der Waals surface area contributed by atoms with E-state index < -0.39 is 0 Å². The monoisotopic (exact) mass is 205 g/mol. The van der Waals surface area contributed by atoms with E-state index in [4.69, 9.17) is 0 Å². The maximum Gasteiger partial charge on any atom is 0.152 e. The zero-order valence-corrected chi connectivity index (χ0v) is 8.60. The highest BCUT2D eigenvalue weighted by atomic mass is 16.3. The van der Waals surface area contributed by atoms with Gasteiger partial charge in [0.15, 0.2) is 6.29 Å². The Labute approximate surface area is 89.3 Å². The largest absolute Gasteiger partial charge is 0.391 e. The van der Waals surface area contributed by atoms with Crippen molar-refractivity contribution in [3.63, 3.8) is 0 Å². The highest BCUT2D eigenvalue weighted by molar-refractivity contribution is 5.84. The number of hydrogen-bond acceptors (Lipinski definition) is 3. The number of carbonyl (C=O) groups is 1. The molecule has 1 fully saturated rings. The van der Waals surface area contributed by atoms with Crippen LogP contribution in [0.5, 0.6) is 0 Å². The molecule has 15 heavy (non-hydrogen) atoms. The minimum atomic E-state index is -0.265. The van der Waals surface area contributed by atoms with Crippen LogP contribution in [0.15, 0.2) is 24.3 Å². The lowest BCUT2D eigenvalue weighted by molar-refractivity contribution is 0.112. The molecule has 0 amide bonds. The van der Waals surface area contributed by atoms with Crippen LogP contribution in [0.3, 0.4) is 0 Å². The number of aldehydes is 1. The van der Waals surface area contributed by atoms with Crippen LogP contribution in [-0.4, -0.2) is 30.6 Å². The number of benzene rings is 1. The normalized spacial score (nSPS) is 21.4. The maximum atomic E-state index is 10.9. The third kappa shape index (κ3) is 2.18. The second-order valence-corrected chi connectivity index (χ2v) is 3.92. The van der Waals surface area contributed by atoms with Gasteiger partial charge in [-0.2, -0.15) is 0 Å². The Bertz CT molecular complexity index is 351. The van der Waals surface area contributed by atoms with Gasteiger partial charge in [-0.15, -0.1) is 0 Å². The number of rotatable bonds is 2. The van der Waals surface area contributed by atoms with Crippen LogP contribution in [-0.2, 0) is 0 Å². The Morgan fingerprint density at radius 2 is 2.20 bits per heavy atom. The van der Waals surface area contributed by atoms with Crippen LogP contribution in [0.2, 0.25) is 0 Å². The fourth-order valence-electron chi connectivity index (χ4n) is 2.05. The zero-order chi connectivity index (χ0) is 10.7. The van der Waals surface area contributed by atoms with Crippen molar-refractivity contribution >= 4 is 12.0 Å². The van der Waals surface area contributed by atoms with Crippen molar-refractivity contribution in [2.75, 3.05) is 18.0 Å². The van der Waals surface area contributed by atoms with Gasteiger partial charge in [-0.25, -0.2) is 0 Å². The minimum absolute atomic E-state index is 0.265. The summed E-state index contributed by atoms with van der Waals surface area (Å²) in [5, 5.41) is 9.57. The smallest absolute Gasteiger partial charge is 0.152 e. The van der Waals surface area contributed by atoms with E-state index in [1.165, 1.54) is 0 Å². The van der Waals surface area contributed by atoms with Gasteiger partial charge in [0.2, 0.25) is 0 Å². The van der Waals surface area contributed by atoms with Crippen molar-refractivity contribution in [2.45, 2.75) is 18.9 Å². The van der Waals surface area contributed by atoms with Gasteiger partial charge < -0.3 is 10.0 Å². The number of aliphatic hydroxyl groups is 1. The van der Waals surface area contributed by atoms with Crippen molar-refractivity contribution in [1.82, 2.24) is 0 Å². The highest BCUT2D eigenvalue weighted by Gasteiger charge is 2.19. The summed E-state index contributed by atoms with van der Waals surface area (Å²) in [5.74, 6) is 0. The van der Waals surface area contributed by atoms with Crippen molar-refractivity contribution in [1.29, 1.82) is 0 Å². The van der Waals surface area contributed by atoms with Crippen LogP contribution in [0.4, 0.5) is 5.69 Å². The number of anilines is 1. The van der Waals surface area contributed by atoms with Gasteiger partial charge in [-0.1, -0.05) is 12.1 Å². The molecule has 1 aromatic rings. The number of carbonyl (C=O) groups excluding carboxylic acids is 1. The van der Waals surface area contributed by atoms with Crippen molar-refractivity contribution in [3.8, 4) is 0 Å². The van der Waals surface area contributed by atoms with Crippen LogP contribution in [0.1, 0.15) is 23.2 Å². The summed E-state index contributed by atoms with van der Waals surface area (Å²) in [5.41, 5.74) is 1.64. The van der Waals surface area contributed by atoms with Crippen LogP contribution < -0.4 is 4.90 Å². The van der Waals surface area contributed by atoms with Crippen molar-refractivity contribution < 1.29 is 9.90 Å². The summed E-state index contributed by atoms with van der Waals surface area (Å²) < 4.78 is 0. The Balaban J connectivity index is 2.24. The Morgan fingerprint density at radius 3 is 2.93 bits per heavy atom. The molecule has 0 saturated carbocycles. The maximum absolute atomic E-state index is 10.9. The predicted molar refractivity (Wildman–Crippen MR) is 59.3 cm³/mol. The number of para-hydroxylation sites is 1. The molecule has 0 aromatic heterocycles. The number of nitrogens with zero attached hydrogens (tertiary/aromatic N) is 1. The molecule has 1 aromatic carbocycles. The van der Waals surface area contributed by atoms with Gasteiger partial charge in [0.25, 0.3) is 0 Å². The lowest BCUT2D eigenvalue weighted by Crippen LogP contribution is -2.38. The molecular weight excluding hydrogens is 190 g/mol. The number of hydrogen-bond donors (Lipinski definition) is 1. The van der Waals surface area contributed by atoms with Gasteiger partial charge in [0.1, 0.15) is 0 Å². The van der Waals surface area contributed by atoms with E-state index in [0.717, 1.165) is 31.4 Å². The molecule has 1 N–H and O–H groups in total. The van der Waals surface area contributed by atoms with Crippen LogP contribution in [0, 0.1) is 0 Å². The minimum Gasteiger partial charge on any atom is -0.391 e. The lowest BCUT2D eigenvalue weighted by Gasteiger charge is -2.32. The Morgan fingerprint density at radius 1 is 1.40 bits per heavy atom. The molecule has 0 unspecified atom stereocenters. The third-order valence-corrected chi connectivity index (χ3v) is 2.80. The molecule has 0 aliphatic carbocycles. The molecule has 1 aliphatic rings. The molecule has 0 spiro atoms. The van der Waals surface area contributed by atoms with E-state index in [1.807, 2.05) is 24.3 Å². The van der Waals surface area contributed by atoms with Gasteiger partial charge in [-0.05, 0) is 25.0 Å². The molecule has 2 rings (SSSR count). The lowest BCUT2D eigenvalue weighted by atomic mass is 10.1. The van der Waals surface area contributed by atoms with Crippen LogP contribution >= 0.6 is 0 Å². The first-order valence-electron chi connectivity index (χ1n) is 5.28. The fraction of sp³-hybridized carbons (Fsp3) is 0.417. The summed E-state index contributed by atoms with van der Waals surface area (Å²) in [6.45, 7) is 1.55. The quantitative estimate of drug-likeness (QED) is 0.743. The van der Waals surface area contributed by atoms with E-state index >= 15 is 0 Å². The van der Waals surface area contributed by atoms with Gasteiger partial charge in [-0.3, -0.25) is 4.79 Å². The molecule has 0 radical (unpaired) electrons. The summed E-state index contributed by atoms with van der Waals surface area (Å²) in [6, 6.07) is 7.52. The first-order valence-corrected chi connectivity index (χ1v) is 5.28. The zero-order valence-electron chi connectivity index (χ0n) is 8.60. The van der Waals surface area contributed by atoms with Gasteiger partial charge in [0, 0.05) is 24.3 Å². The molecule has 80 valence electrons. The van der Waals surface area contributed by atoms with E-state index in [0.29, 0.717) is 12.1 Å².